The summed E-state index contributed by atoms with van der Waals surface area (Å²) in [6.07, 6.45) is 0. The molecule has 0 N–H and O–H groups in total. The summed E-state index contributed by atoms with van der Waals surface area (Å²) in [4.78, 5) is 10.8. The number of rotatable bonds is 9. The minimum Gasteiger partial charge on any atom is -0.309 e. The van der Waals surface area contributed by atoms with Gasteiger partial charge < -0.3 is 13.7 Å². The van der Waals surface area contributed by atoms with Crippen LogP contribution in [0.5, 0.6) is 0 Å². The maximum Gasteiger partial charge on any atom is 0.160 e. The summed E-state index contributed by atoms with van der Waals surface area (Å²) in [5.74, 6) is 0.631. The van der Waals surface area contributed by atoms with E-state index in [1.54, 1.807) is 6.07 Å². The molecule has 16 aromatic rings. The van der Waals surface area contributed by atoms with Crippen LogP contribution in [0, 0.1) is 22.7 Å². The Balaban J connectivity index is 1.04. The lowest BCUT2D eigenvalue weighted by Crippen LogP contribution is -2.04. The Hall–Kier alpha value is -11.9. The maximum absolute atomic E-state index is 10.1. The van der Waals surface area contributed by atoms with Gasteiger partial charge in [-0.05, 0) is 125 Å². The zero-order chi connectivity index (χ0) is 56.5. The molecule has 0 bridgehead atoms. The third-order valence-electron chi connectivity index (χ3n) is 16.6. The molecule has 0 fully saturated rings. The quantitative estimate of drug-likeness (QED) is 0.144. The molecule has 85 heavy (non-hydrogen) atoms. The average molecular weight is 1080 g/mol. The molecule has 0 unspecified atom stereocenters. The van der Waals surface area contributed by atoms with Crippen LogP contribution in [0.1, 0.15) is 11.1 Å². The molecule has 0 atom stereocenters. The Morgan fingerprint density at radius 3 is 1.14 bits per heavy atom. The summed E-state index contributed by atoms with van der Waals surface area (Å²) in [5, 5.41) is 27.0. The van der Waals surface area contributed by atoms with Crippen molar-refractivity contribution >= 4 is 65.4 Å². The molecule has 0 amide bonds. The Kier molecular flexibility index (Phi) is 11.5. The van der Waals surface area contributed by atoms with Gasteiger partial charge in [-0.2, -0.15) is 10.5 Å². The normalized spacial score (nSPS) is 11.5. The maximum atomic E-state index is 10.1. The van der Waals surface area contributed by atoms with Gasteiger partial charge in [0.05, 0.1) is 73.4 Å². The highest BCUT2D eigenvalue weighted by atomic mass is 15.0. The minimum atomic E-state index is 0.438. The number of nitriles is 2. The Labute approximate surface area is 489 Å². The highest BCUT2D eigenvalue weighted by molar-refractivity contribution is 6.13. The van der Waals surface area contributed by atoms with Gasteiger partial charge in [0.25, 0.3) is 0 Å². The van der Waals surface area contributed by atoms with Crippen LogP contribution < -0.4 is 0 Å². The highest BCUT2D eigenvalue weighted by Crippen LogP contribution is 2.47. The summed E-state index contributed by atoms with van der Waals surface area (Å²) in [6, 6.07) is 105. The molecule has 0 radical (unpaired) electrons. The number of benzene rings is 12. The largest absolute Gasteiger partial charge is 0.309 e. The summed E-state index contributed by atoms with van der Waals surface area (Å²) in [7, 11) is 0. The first-order valence-corrected chi connectivity index (χ1v) is 28.4. The fraction of sp³-hybridized carbons (Fsp3) is 0. The molecule has 0 aliphatic carbocycles. The van der Waals surface area contributed by atoms with Crippen molar-refractivity contribution in [1.82, 2.24) is 23.7 Å². The van der Waals surface area contributed by atoms with Crippen LogP contribution in [-0.2, 0) is 0 Å². The number of fused-ring (bicyclic) bond motifs is 9. The van der Waals surface area contributed by atoms with E-state index in [9.17, 15) is 10.5 Å². The molecular weight excluding hydrogens is 1030 g/mol. The van der Waals surface area contributed by atoms with Crippen molar-refractivity contribution in [2.45, 2.75) is 0 Å². The van der Waals surface area contributed by atoms with Gasteiger partial charge in [-0.15, -0.1) is 0 Å². The molecule has 12 aromatic carbocycles. The minimum absolute atomic E-state index is 0.438. The smallest absolute Gasteiger partial charge is 0.160 e. The van der Waals surface area contributed by atoms with E-state index in [0.717, 1.165) is 122 Å². The van der Waals surface area contributed by atoms with Crippen molar-refractivity contribution in [3.8, 4) is 96.5 Å². The Morgan fingerprint density at radius 1 is 0.259 bits per heavy atom. The molecule has 0 saturated carbocycles. The number of aromatic nitrogens is 5. The van der Waals surface area contributed by atoms with Gasteiger partial charge in [0, 0.05) is 71.5 Å². The van der Waals surface area contributed by atoms with Gasteiger partial charge in [-0.3, -0.25) is 0 Å². The molecule has 0 spiro atoms. The van der Waals surface area contributed by atoms with Crippen LogP contribution in [0.3, 0.4) is 0 Å². The van der Waals surface area contributed by atoms with Crippen molar-refractivity contribution < 1.29 is 0 Å². The molecule has 4 aromatic heterocycles. The third kappa shape index (κ3) is 8.18. The Bertz CT molecular complexity index is 5080. The first kappa shape index (κ1) is 49.0. The van der Waals surface area contributed by atoms with E-state index < -0.39 is 0 Å². The zero-order valence-electron chi connectivity index (χ0n) is 45.8. The van der Waals surface area contributed by atoms with E-state index in [4.69, 9.17) is 9.97 Å². The van der Waals surface area contributed by atoms with Crippen molar-refractivity contribution in [3.05, 3.63) is 296 Å². The molecular formula is C78H47N7. The van der Waals surface area contributed by atoms with E-state index >= 15 is 0 Å². The summed E-state index contributed by atoms with van der Waals surface area (Å²) in [6.45, 7) is 0. The van der Waals surface area contributed by atoms with Crippen LogP contribution in [0.15, 0.2) is 285 Å². The second-order valence-corrected chi connectivity index (χ2v) is 21.6. The van der Waals surface area contributed by atoms with Crippen molar-refractivity contribution in [1.29, 1.82) is 10.5 Å². The summed E-state index contributed by atoms with van der Waals surface area (Å²) in [5.41, 5.74) is 20.6. The van der Waals surface area contributed by atoms with Gasteiger partial charge >= 0.3 is 0 Å². The lowest BCUT2D eigenvalue weighted by atomic mass is 9.91. The number of nitrogens with zero attached hydrogens (tertiary/aromatic N) is 7. The highest BCUT2D eigenvalue weighted by Gasteiger charge is 2.25. The molecule has 7 heteroatoms. The molecule has 16 rings (SSSR count). The van der Waals surface area contributed by atoms with E-state index in [0.29, 0.717) is 17.0 Å². The standard InChI is InChI=1S/C78H47N7/c79-48-50-39-51(49-80)41-57(40-50)54-37-38-76-68(44-54)65-31-11-16-36-75(65)85(76)77-66(55-23-17-25-59(42-55)83-71-32-12-7-27-61(71)62-28-8-13-33-72(62)83)45-58(70-47-69(52-19-3-1-4-20-52)81-78(82-70)53-21-5-2-6-22-53)46-67(77)56-24-18-26-60(43-56)84-73-34-14-9-29-63(73)64-30-10-15-35-74(64)84/h1-47H. The van der Waals surface area contributed by atoms with E-state index in [1.807, 2.05) is 36.4 Å². The SMILES string of the molecule is N#Cc1cc(C#N)cc(-c2ccc3c(c2)c2ccccc2n3-c2c(-c3cccc(-n4c5ccccc5c5ccccc54)c3)cc(-c3cc(-c4ccccc4)nc(-c4ccccc4)n3)cc2-c2cccc(-n3c4ccccc4c4ccccc43)c2)c1. The van der Waals surface area contributed by atoms with Gasteiger partial charge in [-0.25, -0.2) is 9.97 Å². The van der Waals surface area contributed by atoms with Crippen molar-refractivity contribution in [2.24, 2.45) is 0 Å². The summed E-state index contributed by atoms with van der Waals surface area (Å²) >= 11 is 0. The first-order chi connectivity index (χ1) is 42.0. The molecule has 0 saturated heterocycles. The lowest BCUT2D eigenvalue weighted by Gasteiger charge is -2.22. The third-order valence-corrected chi connectivity index (χ3v) is 16.6. The molecule has 7 nitrogen and oxygen atoms in total. The van der Waals surface area contributed by atoms with E-state index in [-0.39, 0.29) is 0 Å². The van der Waals surface area contributed by atoms with Crippen LogP contribution in [-0.4, -0.2) is 23.7 Å². The van der Waals surface area contributed by atoms with Gasteiger partial charge in [-0.1, -0.05) is 182 Å². The monoisotopic (exact) mass is 1080 g/mol. The lowest BCUT2D eigenvalue weighted by molar-refractivity contribution is 1.16. The molecule has 0 aliphatic rings. The van der Waals surface area contributed by atoms with Crippen LogP contribution in [0.25, 0.3) is 150 Å². The van der Waals surface area contributed by atoms with E-state index in [1.165, 1.54) is 21.5 Å². The molecule has 4 heterocycles. The predicted molar refractivity (Wildman–Crippen MR) is 347 cm³/mol. The van der Waals surface area contributed by atoms with E-state index in [2.05, 4.69) is 268 Å². The second kappa shape index (κ2) is 20.0. The number of hydrogen-bond acceptors (Lipinski definition) is 4. The first-order valence-electron chi connectivity index (χ1n) is 28.4. The fourth-order valence-corrected chi connectivity index (χ4v) is 12.9. The summed E-state index contributed by atoms with van der Waals surface area (Å²) < 4.78 is 7.22. The van der Waals surface area contributed by atoms with Crippen molar-refractivity contribution in [2.75, 3.05) is 0 Å². The second-order valence-electron chi connectivity index (χ2n) is 21.6. The van der Waals surface area contributed by atoms with Crippen LogP contribution in [0.4, 0.5) is 0 Å². The Morgan fingerprint density at radius 2 is 0.659 bits per heavy atom. The van der Waals surface area contributed by atoms with Crippen LogP contribution >= 0.6 is 0 Å². The predicted octanol–water partition coefficient (Wildman–Crippen LogP) is 19.5. The average Bonchev–Trinajstić information content (AvgIpc) is 2.18. The number of para-hydroxylation sites is 5. The van der Waals surface area contributed by atoms with Gasteiger partial charge in [0.1, 0.15) is 0 Å². The molecule has 0 aliphatic heterocycles. The van der Waals surface area contributed by atoms with Gasteiger partial charge in [0.15, 0.2) is 5.82 Å². The zero-order valence-corrected chi connectivity index (χ0v) is 45.8. The topological polar surface area (TPSA) is 88.2 Å². The number of hydrogen-bond donors (Lipinski definition) is 0. The molecule has 394 valence electrons. The van der Waals surface area contributed by atoms with Gasteiger partial charge in [0.2, 0.25) is 0 Å². The van der Waals surface area contributed by atoms with Crippen molar-refractivity contribution in [3.63, 3.8) is 0 Å². The fourth-order valence-electron chi connectivity index (χ4n) is 12.9. The van der Waals surface area contributed by atoms with Crippen LogP contribution in [0.2, 0.25) is 0 Å².